The van der Waals surface area contributed by atoms with Crippen LogP contribution < -0.4 is 5.32 Å². The average Bonchev–Trinajstić information content (AvgIpc) is 1.85. The van der Waals surface area contributed by atoms with Crippen LogP contribution in [0.1, 0.15) is 5.82 Å². The number of rotatable bonds is 1. The molecule has 2 N–H and O–H groups in total. The summed E-state index contributed by atoms with van der Waals surface area (Å²) in [6.07, 6.45) is 0. The van der Waals surface area contributed by atoms with E-state index in [1.165, 1.54) is 0 Å². The molecule has 0 fully saturated rings. The van der Waals surface area contributed by atoms with Gasteiger partial charge in [-0.1, -0.05) is 0 Å². The molecule has 0 saturated heterocycles. The van der Waals surface area contributed by atoms with Crippen molar-refractivity contribution in [2.75, 3.05) is 12.4 Å². The number of nitrogens with zero attached hydrogens (tertiary/aromatic N) is 3. The van der Waals surface area contributed by atoms with Gasteiger partial charge in [0.05, 0.1) is 5.82 Å². The molecular weight excluding hydrogens is 219 g/mol. The number of aryl methyl sites for hydroxylation is 1. The molecule has 0 spiro atoms. The zero-order valence-electron chi connectivity index (χ0n) is 6.42. The van der Waals surface area contributed by atoms with Gasteiger partial charge in [0.2, 0.25) is 0 Å². The number of hydrogen-bond acceptors (Lipinski definition) is 4. The fourth-order valence-electron chi connectivity index (χ4n) is 0.594. The van der Waals surface area contributed by atoms with E-state index in [1.807, 2.05) is 0 Å². The standard InChI is InChI=1S/C5H8N5.Y/c1-3-8-4(6)10-5(7-2)9-3;/h1-2H3,(H2-,6,7,8,9,10);/q-1;. The van der Waals surface area contributed by atoms with Crippen molar-refractivity contribution in [3.05, 3.63) is 11.6 Å². The molecule has 5 nitrogen and oxygen atoms in total. The van der Waals surface area contributed by atoms with Gasteiger partial charge in [-0.2, -0.15) is 0 Å². The second kappa shape index (κ2) is 4.56. The van der Waals surface area contributed by atoms with Crippen LogP contribution >= 0.6 is 0 Å². The molecule has 11 heavy (non-hydrogen) atoms. The zero-order chi connectivity index (χ0) is 7.56. The van der Waals surface area contributed by atoms with Gasteiger partial charge in [0.15, 0.2) is 5.95 Å². The molecule has 0 bridgehead atoms. The molecule has 0 saturated carbocycles. The predicted molar refractivity (Wildman–Crippen MR) is 38.1 cm³/mol. The first kappa shape index (κ1) is 10.7. The van der Waals surface area contributed by atoms with E-state index in [0.29, 0.717) is 11.8 Å². The van der Waals surface area contributed by atoms with Crippen molar-refractivity contribution in [2.45, 2.75) is 6.92 Å². The number of aromatic nitrogens is 3. The molecule has 57 valence electrons. The molecule has 0 aromatic carbocycles. The largest absolute Gasteiger partial charge is 0.410 e. The molecule has 0 aliphatic rings. The van der Waals surface area contributed by atoms with Gasteiger partial charge >= 0.3 is 0 Å². The molecule has 1 radical (unpaired) electrons. The van der Waals surface area contributed by atoms with Crippen LogP contribution in [0, 0.1) is 6.92 Å². The van der Waals surface area contributed by atoms with Crippen LogP contribution in [0.2, 0.25) is 0 Å². The van der Waals surface area contributed by atoms with Crippen LogP contribution in [0.5, 0.6) is 0 Å². The summed E-state index contributed by atoms with van der Waals surface area (Å²) in [5.74, 6) is 0.999. The molecule has 0 unspecified atom stereocenters. The molecule has 0 atom stereocenters. The first-order chi connectivity index (χ1) is 4.72. The summed E-state index contributed by atoms with van der Waals surface area (Å²) in [5, 5.41) is 2.73. The molecule has 1 aromatic rings. The van der Waals surface area contributed by atoms with Crippen LogP contribution in [0.15, 0.2) is 0 Å². The molecule has 1 heterocycles. The summed E-state index contributed by atoms with van der Waals surface area (Å²) in [4.78, 5) is 11.3. The Bertz CT molecular complexity index is 218. The maximum atomic E-state index is 7.08. The van der Waals surface area contributed by atoms with Gasteiger partial charge in [0, 0.05) is 45.7 Å². The normalized spacial score (nSPS) is 8.55. The summed E-state index contributed by atoms with van der Waals surface area (Å²) in [5.41, 5.74) is 7.08. The van der Waals surface area contributed by atoms with Crippen LogP contribution in [-0.2, 0) is 32.7 Å². The molecule has 1 rings (SSSR count). The molecule has 0 amide bonds. The SMILES string of the molecule is CNc1nc(C)nc([NH-])n1.[Y]. The Morgan fingerprint density at radius 2 is 1.91 bits per heavy atom. The topological polar surface area (TPSA) is 74.5 Å². The Labute approximate surface area is 90.1 Å². The van der Waals surface area contributed by atoms with Crippen molar-refractivity contribution in [1.82, 2.24) is 15.0 Å². The quantitative estimate of drug-likeness (QED) is 0.773. The van der Waals surface area contributed by atoms with Gasteiger partial charge in [0.1, 0.15) is 0 Å². The Balaban J connectivity index is 0.000001000. The van der Waals surface area contributed by atoms with Gasteiger partial charge in [0.25, 0.3) is 0 Å². The average molecular weight is 227 g/mol. The number of anilines is 1. The fourth-order valence-corrected chi connectivity index (χ4v) is 0.594. The van der Waals surface area contributed by atoms with Crippen LogP contribution in [0.3, 0.4) is 0 Å². The van der Waals surface area contributed by atoms with E-state index in [0.717, 1.165) is 0 Å². The van der Waals surface area contributed by atoms with Crippen molar-refractivity contribution in [1.29, 1.82) is 0 Å². The van der Waals surface area contributed by atoms with Crippen molar-refractivity contribution < 1.29 is 32.7 Å². The van der Waals surface area contributed by atoms with Gasteiger partial charge < -0.3 is 21.0 Å². The third-order valence-corrected chi connectivity index (χ3v) is 0.971. The Hall–Kier alpha value is -0.286. The van der Waals surface area contributed by atoms with Crippen molar-refractivity contribution in [3.8, 4) is 0 Å². The van der Waals surface area contributed by atoms with Crippen molar-refractivity contribution >= 4 is 11.9 Å². The Kier molecular flexibility index (Phi) is 4.44. The first-order valence-electron chi connectivity index (χ1n) is 2.84. The Morgan fingerprint density at radius 3 is 2.36 bits per heavy atom. The maximum Gasteiger partial charge on any atom is 0.150 e. The van der Waals surface area contributed by atoms with Crippen molar-refractivity contribution in [2.24, 2.45) is 0 Å². The molecular formula is C5H8N5Y-. The summed E-state index contributed by atoms with van der Waals surface area (Å²) in [6, 6.07) is 0. The Morgan fingerprint density at radius 1 is 1.27 bits per heavy atom. The van der Waals surface area contributed by atoms with Crippen LogP contribution in [0.25, 0.3) is 5.73 Å². The first-order valence-corrected chi connectivity index (χ1v) is 2.84. The van der Waals surface area contributed by atoms with E-state index >= 15 is 0 Å². The van der Waals surface area contributed by atoms with Crippen LogP contribution in [0.4, 0.5) is 11.9 Å². The van der Waals surface area contributed by atoms with Gasteiger partial charge in [-0.15, -0.1) is 0 Å². The van der Waals surface area contributed by atoms with Crippen molar-refractivity contribution in [3.63, 3.8) is 0 Å². The summed E-state index contributed by atoms with van der Waals surface area (Å²) in [7, 11) is 1.70. The number of hydrogen-bond donors (Lipinski definition) is 1. The maximum absolute atomic E-state index is 7.08. The van der Waals surface area contributed by atoms with E-state index in [1.54, 1.807) is 14.0 Å². The second-order valence-corrected chi connectivity index (χ2v) is 1.78. The van der Waals surface area contributed by atoms with E-state index < -0.39 is 0 Å². The molecule has 6 heteroatoms. The van der Waals surface area contributed by atoms with E-state index in [4.69, 9.17) is 5.73 Å². The summed E-state index contributed by atoms with van der Waals surface area (Å²) < 4.78 is 0. The smallest absolute Gasteiger partial charge is 0.150 e. The molecule has 1 aromatic heterocycles. The summed E-state index contributed by atoms with van der Waals surface area (Å²) >= 11 is 0. The van der Waals surface area contributed by atoms with Gasteiger partial charge in [-0.3, -0.25) is 0 Å². The molecule has 0 aliphatic heterocycles. The van der Waals surface area contributed by atoms with Gasteiger partial charge in [-0.25, -0.2) is 4.98 Å². The minimum atomic E-state index is -0.00292. The van der Waals surface area contributed by atoms with Gasteiger partial charge in [-0.05, 0) is 6.92 Å². The zero-order valence-corrected chi connectivity index (χ0v) is 9.26. The molecule has 0 aliphatic carbocycles. The second-order valence-electron chi connectivity index (χ2n) is 1.78. The van der Waals surface area contributed by atoms with E-state index in [9.17, 15) is 0 Å². The summed E-state index contributed by atoms with van der Waals surface area (Å²) in [6.45, 7) is 1.72. The monoisotopic (exact) mass is 227 g/mol. The third kappa shape index (κ3) is 3.07. The van der Waals surface area contributed by atoms with Crippen LogP contribution in [-0.4, -0.2) is 22.0 Å². The predicted octanol–water partition coefficient (Wildman–Crippen LogP) is 0.903. The van der Waals surface area contributed by atoms with E-state index in [-0.39, 0.29) is 38.7 Å². The minimum absolute atomic E-state index is 0. The third-order valence-electron chi connectivity index (χ3n) is 0.971. The fraction of sp³-hybridized carbons (Fsp3) is 0.400. The number of nitrogens with one attached hydrogen (secondary N) is 2. The minimum Gasteiger partial charge on any atom is -0.410 e. The van der Waals surface area contributed by atoms with E-state index in [2.05, 4.69) is 20.3 Å².